The summed E-state index contributed by atoms with van der Waals surface area (Å²) in [7, 11) is 0. The zero-order valence-corrected chi connectivity index (χ0v) is 6.91. The molecular weight excluding hydrogens is 132 g/mol. The van der Waals surface area contributed by atoms with Crippen LogP contribution in [0.5, 0.6) is 0 Å². The van der Waals surface area contributed by atoms with Gasteiger partial charge in [-0.05, 0) is 31.1 Å². The van der Waals surface area contributed by atoms with E-state index in [1.54, 1.807) is 5.92 Å². The summed E-state index contributed by atoms with van der Waals surface area (Å²) in [6.07, 6.45) is 3.74. The van der Waals surface area contributed by atoms with Crippen LogP contribution in [-0.2, 0) is 0 Å². The van der Waals surface area contributed by atoms with E-state index in [0.29, 0.717) is 5.38 Å². The van der Waals surface area contributed by atoms with Crippen molar-refractivity contribution < 1.29 is 0 Å². The van der Waals surface area contributed by atoms with Gasteiger partial charge in [-0.15, -0.1) is 11.6 Å². The number of rotatable bonds is 2. The molecule has 1 unspecified atom stereocenters. The van der Waals surface area contributed by atoms with Crippen molar-refractivity contribution in [2.24, 2.45) is 5.92 Å². The van der Waals surface area contributed by atoms with E-state index in [2.05, 4.69) is 13.8 Å². The van der Waals surface area contributed by atoms with E-state index in [-0.39, 0.29) is 0 Å². The lowest BCUT2D eigenvalue weighted by molar-refractivity contribution is 0.457. The molecule has 0 saturated heterocycles. The topological polar surface area (TPSA) is 0 Å². The maximum atomic E-state index is 5.92. The fourth-order valence-electron chi connectivity index (χ4n) is 1.21. The van der Waals surface area contributed by atoms with Crippen molar-refractivity contribution in [3.63, 3.8) is 0 Å². The molecule has 53 valence electrons. The average molecular weight is 146 g/mol. The number of halogens is 1. The normalized spacial score (nSPS) is 28.7. The Morgan fingerprint density at radius 1 is 1.67 bits per heavy atom. The molecule has 9 heavy (non-hydrogen) atoms. The van der Waals surface area contributed by atoms with Gasteiger partial charge in [-0.1, -0.05) is 13.8 Å². The van der Waals surface area contributed by atoms with Crippen LogP contribution in [-0.4, -0.2) is 5.38 Å². The third-order valence-corrected chi connectivity index (χ3v) is 2.36. The highest BCUT2D eigenvalue weighted by molar-refractivity contribution is 6.22. The van der Waals surface area contributed by atoms with Crippen LogP contribution in [0.25, 0.3) is 0 Å². The molecule has 1 radical (unpaired) electrons. The van der Waals surface area contributed by atoms with Crippen LogP contribution in [0.3, 0.4) is 0 Å². The maximum Gasteiger partial charge on any atom is 0.0398 e. The second kappa shape index (κ2) is 2.92. The Bertz CT molecular complexity index is 88.6. The Morgan fingerprint density at radius 3 is 2.44 bits per heavy atom. The average Bonchev–Trinajstić information content (AvgIpc) is 1.79. The van der Waals surface area contributed by atoms with Crippen molar-refractivity contribution in [1.82, 2.24) is 0 Å². The van der Waals surface area contributed by atoms with E-state index in [0.717, 1.165) is 5.92 Å². The second-order valence-corrected chi connectivity index (χ2v) is 3.79. The molecule has 1 aliphatic rings. The van der Waals surface area contributed by atoms with Crippen LogP contribution in [0.1, 0.15) is 33.1 Å². The molecule has 1 heteroatoms. The Kier molecular flexibility index (Phi) is 2.40. The zero-order chi connectivity index (χ0) is 6.85. The summed E-state index contributed by atoms with van der Waals surface area (Å²) in [6.45, 7) is 4.49. The largest absolute Gasteiger partial charge is 0.122 e. The van der Waals surface area contributed by atoms with E-state index in [1.165, 1.54) is 19.3 Å². The molecule has 0 aromatic carbocycles. The number of alkyl halides is 1. The molecule has 1 aliphatic carbocycles. The van der Waals surface area contributed by atoms with Crippen molar-refractivity contribution >= 4 is 11.6 Å². The lowest BCUT2D eigenvalue weighted by Crippen LogP contribution is -2.25. The molecule has 1 fully saturated rings. The fourth-order valence-corrected chi connectivity index (χ4v) is 1.52. The van der Waals surface area contributed by atoms with Gasteiger partial charge in [0, 0.05) is 5.38 Å². The summed E-state index contributed by atoms with van der Waals surface area (Å²) in [5, 5.41) is 0.424. The Hall–Kier alpha value is 0.290. The maximum absolute atomic E-state index is 5.92. The van der Waals surface area contributed by atoms with Gasteiger partial charge < -0.3 is 0 Å². The summed E-state index contributed by atoms with van der Waals surface area (Å²) in [5.74, 6) is 2.37. The molecule has 0 aromatic heterocycles. The van der Waals surface area contributed by atoms with Gasteiger partial charge in [0.1, 0.15) is 0 Å². The van der Waals surface area contributed by atoms with E-state index >= 15 is 0 Å². The SMILES string of the molecule is CC(C)C[C]1CCC1Cl. The third-order valence-electron chi connectivity index (χ3n) is 1.83. The van der Waals surface area contributed by atoms with Crippen LogP contribution in [0.15, 0.2) is 0 Å². The van der Waals surface area contributed by atoms with Crippen molar-refractivity contribution in [3.8, 4) is 0 Å². The summed E-state index contributed by atoms with van der Waals surface area (Å²) in [5.41, 5.74) is 0. The van der Waals surface area contributed by atoms with Crippen molar-refractivity contribution in [3.05, 3.63) is 5.92 Å². The molecule has 1 rings (SSSR count). The Labute approximate surface area is 62.6 Å². The number of hydrogen-bond acceptors (Lipinski definition) is 0. The van der Waals surface area contributed by atoms with E-state index < -0.39 is 0 Å². The van der Waals surface area contributed by atoms with Gasteiger partial charge in [-0.25, -0.2) is 0 Å². The highest BCUT2D eigenvalue weighted by Gasteiger charge is 2.29. The van der Waals surface area contributed by atoms with Gasteiger partial charge in [-0.3, -0.25) is 0 Å². The zero-order valence-electron chi connectivity index (χ0n) is 6.15. The first kappa shape index (κ1) is 7.40. The molecule has 0 heterocycles. The second-order valence-electron chi connectivity index (χ2n) is 3.26. The lowest BCUT2D eigenvalue weighted by atomic mass is 9.79. The summed E-state index contributed by atoms with van der Waals surface area (Å²) in [4.78, 5) is 0. The minimum absolute atomic E-state index is 0.424. The van der Waals surface area contributed by atoms with Crippen molar-refractivity contribution in [2.75, 3.05) is 0 Å². The van der Waals surface area contributed by atoms with Gasteiger partial charge in [-0.2, -0.15) is 0 Å². The molecule has 0 bridgehead atoms. The highest BCUT2D eigenvalue weighted by atomic mass is 35.5. The molecule has 0 nitrogen and oxygen atoms in total. The summed E-state index contributed by atoms with van der Waals surface area (Å²) >= 11 is 5.92. The van der Waals surface area contributed by atoms with Gasteiger partial charge in [0.05, 0.1) is 0 Å². The quantitative estimate of drug-likeness (QED) is 0.524. The number of hydrogen-bond donors (Lipinski definition) is 0. The predicted molar refractivity (Wildman–Crippen MR) is 41.6 cm³/mol. The minimum atomic E-state index is 0.424. The van der Waals surface area contributed by atoms with Crippen LogP contribution in [0.2, 0.25) is 0 Å². The molecule has 0 amide bonds. The molecule has 0 aliphatic heterocycles. The summed E-state index contributed by atoms with van der Waals surface area (Å²) in [6, 6.07) is 0. The van der Waals surface area contributed by atoms with Gasteiger partial charge in [0.25, 0.3) is 0 Å². The molecular formula is C8H14Cl. The third kappa shape index (κ3) is 1.86. The van der Waals surface area contributed by atoms with Crippen LogP contribution in [0, 0.1) is 11.8 Å². The van der Waals surface area contributed by atoms with Gasteiger partial charge >= 0.3 is 0 Å². The molecule has 0 spiro atoms. The molecule has 0 N–H and O–H groups in total. The smallest absolute Gasteiger partial charge is 0.0398 e. The summed E-state index contributed by atoms with van der Waals surface area (Å²) < 4.78 is 0. The lowest BCUT2D eigenvalue weighted by Gasteiger charge is -2.32. The van der Waals surface area contributed by atoms with E-state index in [1.807, 2.05) is 0 Å². The fraction of sp³-hybridized carbons (Fsp3) is 0.875. The van der Waals surface area contributed by atoms with Crippen LogP contribution in [0.4, 0.5) is 0 Å². The molecule has 1 saturated carbocycles. The van der Waals surface area contributed by atoms with Crippen LogP contribution < -0.4 is 0 Å². The first-order valence-electron chi connectivity index (χ1n) is 3.69. The predicted octanol–water partition coefficient (Wildman–Crippen LogP) is 3.01. The monoisotopic (exact) mass is 145 g/mol. The Morgan fingerprint density at radius 2 is 2.33 bits per heavy atom. The van der Waals surface area contributed by atoms with Gasteiger partial charge in [0.2, 0.25) is 0 Å². The van der Waals surface area contributed by atoms with Gasteiger partial charge in [0.15, 0.2) is 0 Å². The van der Waals surface area contributed by atoms with E-state index in [4.69, 9.17) is 11.6 Å². The minimum Gasteiger partial charge on any atom is -0.122 e. The van der Waals surface area contributed by atoms with E-state index in [9.17, 15) is 0 Å². The van der Waals surface area contributed by atoms with Crippen molar-refractivity contribution in [2.45, 2.75) is 38.5 Å². The van der Waals surface area contributed by atoms with Crippen molar-refractivity contribution in [1.29, 1.82) is 0 Å². The first-order valence-corrected chi connectivity index (χ1v) is 4.12. The highest BCUT2D eigenvalue weighted by Crippen LogP contribution is 2.38. The van der Waals surface area contributed by atoms with Crippen LogP contribution >= 0.6 is 11.6 Å². The standard InChI is InChI=1S/C8H14Cl/c1-6(2)5-7-3-4-8(7)9/h6,8H,3-5H2,1-2H3. The first-order chi connectivity index (χ1) is 4.20. The molecule has 1 atom stereocenters. The molecule has 0 aromatic rings. The Balaban J connectivity index is 2.13.